The third-order valence-corrected chi connectivity index (χ3v) is 6.25. The molecule has 0 bridgehead atoms. The number of nitrogens with zero attached hydrogens (tertiary/aromatic N) is 3. The van der Waals surface area contributed by atoms with Gasteiger partial charge in [0.05, 0.1) is 6.20 Å². The highest BCUT2D eigenvalue weighted by Crippen LogP contribution is 2.38. The first-order chi connectivity index (χ1) is 14.2. The van der Waals surface area contributed by atoms with Gasteiger partial charge in [0.15, 0.2) is 5.78 Å². The van der Waals surface area contributed by atoms with Gasteiger partial charge in [0.2, 0.25) is 5.89 Å². The smallest absolute Gasteiger partial charge is 0.225 e. The van der Waals surface area contributed by atoms with E-state index in [1.807, 2.05) is 6.07 Å². The van der Waals surface area contributed by atoms with Gasteiger partial charge in [-0.3, -0.25) is 4.79 Å². The molecule has 0 atom stereocenters. The Balaban J connectivity index is 1.74. The highest BCUT2D eigenvalue weighted by molar-refractivity contribution is 6.15. The number of hydrogen-bond donors (Lipinski definition) is 0. The highest BCUT2D eigenvalue weighted by Gasteiger charge is 2.25. The van der Waals surface area contributed by atoms with E-state index in [4.69, 9.17) is 4.42 Å². The summed E-state index contributed by atoms with van der Waals surface area (Å²) >= 11 is 0. The topological polar surface area (TPSA) is 51.3 Å². The lowest BCUT2D eigenvalue weighted by Crippen LogP contribution is -2.26. The number of carbonyl (C=O) groups excluding carboxylic acids is 1. The maximum Gasteiger partial charge on any atom is 0.225 e. The van der Waals surface area contributed by atoms with Gasteiger partial charge in [0.25, 0.3) is 0 Å². The molecule has 0 unspecified atom stereocenters. The molecule has 0 fully saturated rings. The Morgan fingerprint density at radius 3 is 2.69 bits per heavy atom. The molecule has 0 saturated carbocycles. The molecular formula is C24H25N3O2. The first-order valence-electron chi connectivity index (χ1n) is 10.4. The van der Waals surface area contributed by atoms with Crippen LogP contribution in [0.15, 0.2) is 47.2 Å². The van der Waals surface area contributed by atoms with E-state index in [-0.39, 0.29) is 5.78 Å². The molecule has 5 rings (SSSR count). The molecule has 0 radical (unpaired) electrons. The minimum atomic E-state index is 0.259. The summed E-state index contributed by atoms with van der Waals surface area (Å²) < 4.78 is 7.93. The summed E-state index contributed by atoms with van der Waals surface area (Å²) in [6.07, 6.45) is 4.70. The Bertz CT molecular complexity index is 1200. The number of hydrogen-bond acceptors (Lipinski definition) is 4. The van der Waals surface area contributed by atoms with E-state index in [0.717, 1.165) is 43.7 Å². The summed E-state index contributed by atoms with van der Waals surface area (Å²) in [6.45, 7) is 8.43. The van der Waals surface area contributed by atoms with Crippen molar-refractivity contribution >= 4 is 27.6 Å². The second kappa shape index (κ2) is 7.16. The van der Waals surface area contributed by atoms with Crippen molar-refractivity contribution in [1.29, 1.82) is 0 Å². The number of benzene rings is 2. The van der Waals surface area contributed by atoms with E-state index in [1.165, 1.54) is 27.4 Å². The van der Waals surface area contributed by atoms with Gasteiger partial charge in [0, 0.05) is 52.4 Å². The van der Waals surface area contributed by atoms with Gasteiger partial charge in [-0.25, -0.2) is 4.98 Å². The van der Waals surface area contributed by atoms with Gasteiger partial charge in [-0.1, -0.05) is 13.8 Å². The summed E-state index contributed by atoms with van der Waals surface area (Å²) in [6, 6.07) is 10.6. The van der Waals surface area contributed by atoms with Gasteiger partial charge in [-0.15, -0.1) is 0 Å². The van der Waals surface area contributed by atoms with Crippen LogP contribution in [0.1, 0.15) is 36.2 Å². The van der Waals surface area contributed by atoms with Crippen LogP contribution in [0.4, 0.5) is 0 Å². The van der Waals surface area contributed by atoms with Crippen LogP contribution in [0.5, 0.6) is 0 Å². The van der Waals surface area contributed by atoms with Crippen LogP contribution in [-0.2, 0) is 13.0 Å². The summed E-state index contributed by atoms with van der Waals surface area (Å²) in [5, 5.41) is 2.40. The fourth-order valence-electron chi connectivity index (χ4n) is 4.68. The van der Waals surface area contributed by atoms with Crippen molar-refractivity contribution < 1.29 is 9.21 Å². The van der Waals surface area contributed by atoms with Gasteiger partial charge >= 0.3 is 0 Å². The van der Waals surface area contributed by atoms with E-state index in [9.17, 15) is 4.79 Å². The zero-order chi connectivity index (χ0) is 20.0. The molecule has 5 nitrogen and oxygen atoms in total. The summed E-state index contributed by atoms with van der Waals surface area (Å²) in [5.41, 5.74) is 5.47. The van der Waals surface area contributed by atoms with Gasteiger partial charge in [-0.05, 0) is 55.4 Å². The molecule has 1 aliphatic rings. The van der Waals surface area contributed by atoms with Crippen molar-refractivity contribution in [2.45, 2.75) is 33.2 Å². The third-order valence-electron chi connectivity index (χ3n) is 6.25. The van der Waals surface area contributed by atoms with Crippen LogP contribution < -0.4 is 0 Å². The number of likely N-dealkylation sites (N-methyl/N-ethyl adjacent to an activating group) is 1. The monoisotopic (exact) mass is 387 g/mol. The van der Waals surface area contributed by atoms with E-state index in [2.05, 4.69) is 52.6 Å². The van der Waals surface area contributed by atoms with E-state index in [1.54, 1.807) is 12.5 Å². The van der Waals surface area contributed by atoms with Crippen LogP contribution in [0.2, 0.25) is 0 Å². The molecule has 2 heterocycles. The molecule has 2 aromatic carbocycles. The maximum absolute atomic E-state index is 12.4. The highest BCUT2D eigenvalue weighted by atomic mass is 16.3. The molecule has 0 saturated heterocycles. The van der Waals surface area contributed by atoms with Crippen molar-refractivity contribution in [1.82, 2.24) is 14.5 Å². The Labute approximate surface area is 169 Å². The van der Waals surface area contributed by atoms with E-state index < -0.39 is 0 Å². The second-order valence-corrected chi connectivity index (χ2v) is 7.66. The second-order valence-electron chi connectivity index (χ2n) is 7.66. The maximum atomic E-state index is 12.4. The fraction of sp³-hybridized carbons (Fsp3) is 0.333. The zero-order valence-corrected chi connectivity index (χ0v) is 16.9. The Morgan fingerprint density at radius 2 is 1.93 bits per heavy atom. The molecular weight excluding hydrogens is 362 g/mol. The van der Waals surface area contributed by atoms with Gasteiger partial charge in [0.1, 0.15) is 6.26 Å². The number of aryl methyl sites for hydroxylation is 1. The SMILES string of the molecule is CCN(CC)CCn1c2ccc(-c3ncco3)cc2c2c3c(ccc21)C(=O)CC3. The average molecular weight is 387 g/mol. The number of ketones is 1. The largest absolute Gasteiger partial charge is 0.445 e. The molecule has 0 spiro atoms. The van der Waals surface area contributed by atoms with Crippen molar-refractivity contribution in [3.05, 3.63) is 53.9 Å². The quantitative estimate of drug-likeness (QED) is 0.471. The number of Topliss-reactive ketones (excluding diaryl/α,β-unsaturated/α-hetero) is 1. The molecule has 5 heteroatoms. The zero-order valence-electron chi connectivity index (χ0n) is 16.9. The lowest BCUT2D eigenvalue weighted by molar-refractivity contribution is 0.0994. The van der Waals surface area contributed by atoms with Crippen molar-refractivity contribution in [3.8, 4) is 11.5 Å². The molecule has 4 aromatic rings. The van der Waals surface area contributed by atoms with Crippen LogP contribution in [0, 0.1) is 0 Å². The number of carbonyl (C=O) groups is 1. The number of oxazole rings is 1. The van der Waals surface area contributed by atoms with Crippen molar-refractivity contribution in [2.75, 3.05) is 19.6 Å². The number of aromatic nitrogens is 2. The average Bonchev–Trinajstić information content (AvgIpc) is 3.47. The van der Waals surface area contributed by atoms with Crippen LogP contribution in [0.3, 0.4) is 0 Å². The number of rotatable bonds is 6. The summed E-state index contributed by atoms with van der Waals surface area (Å²) in [5.74, 6) is 0.884. The predicted molar refractivity (Wildman–Crippen MR) is 115 cm³/mol. The molecule has 2 aromatic heterocycles. The molecule has 148 valence electrons. The third kappa shape index (κ3) is 2.88. The number of fused-ring (bicyclic) bond motifs is 5. The van der Waals surface area contributed by atoms with Crippen molar-refractivity contribution in [2.24, 2.45) is 0 Å². The normalized spacial score (nSPS) is 13.8. The molecule has 1 aliphatic carbocycles. The summed E-state index contributed by atoms with van der Waals surface area (Å²) in [4.78, 5) is 19.1. The van der Waals surface area contributed by atoms with Crippen LogP contribution in [0.25, 0.3) is 33.3 Å². The predicted octanol–water partition coefficient (Wildman–Crippen LogP) is 4.92. The van der Waals surface area contributed by atoms with Crippen LogP contribution in [-0.4, -0.2) is 39.9 Å². The van der Waals surface area contributed by atoms with E-state index in [0.29, 0.717) is 12.3 Å². The van der Waals surface area contributed by atoms with E-state index >= 15 is 0 Å². The minimum absolute atomic E-state index is 0.259. The van der Waals surface area contributed by atoms with Gasteiger partial charge < -0.3 is 13.9 Å². The minimum Gasteiger partial charge on any atom is -0.445 e. The molecule has 0 N–H and O–H groups in total. The Kier molecular flexibility index (Phi) is 4.47. The summed E-state index contributed by atoms with van der Waals surface area (Å²) in [7, 11) is 0. The lowest BCUT2D eigenvalue weighted by atomic mass is 10.0. The lowest BCUT2D eigenvalue weighted by Gasteiger charge is -2.19. The van der Waals surface area contributed by atoms with Crippen LogP contribution >= 0.6 is 0 Å². The van der Waals surface area contributed by atoms with Crippen molar-refractivity contribution in [3.63, 3.8) is 0 Å². The standard InChI is InChI=1S/C24H25N3O2/c1-3-26(4-2)12-13-27-20-8-5-16(24-25-11-14-29-24)15-19(20)23-18-7-10-22(28)17(18)6-9-21(23)27/h5-6,8-9,11,14-15H,3-4,7,10,12-13H2,1-2H3. The Morgan fingerprint density at radius 1 is 1.10 bits per heavy atom. The molecule has 0 aliphatic heterocycles. The molecule has 0 amide bonds. The fourth-order valence-corrected chi connectivity index (χ4v) is 4.68. The Hall–Kier alpha value is -2.92. The first kappa shape index (κ1) is 18.1. The van der Waals surface area contributed by atoms with Gasteiger partial charge in [-0.2, -0.15) is 0 Å². The molecule has 29 heavy (non-hydrogen) atoms. The first-order valence-corrected chi connectivity index (χ1v) is 10.4.